The lowest BCUT2D eigenvalue weighted by Gasteiger charge is -2.15. The molecule has 0 radical (unpaired) electrons. The van der Waals surface area contributed by atoms with Crippen molar-refractivity contribution in [2.75, 3.05) is 0 Å². The second-order valence-corrected chi connectivity index (χ2v) is 7.00. The summed E-state index contributed by atoms with van der Waals surface area (Å²) in [5.74, 6) is 5.43. The predicted molar refractivity (Wildman–Crippen MR) is 86.1 cm³/mol. The Morgan fingerprint density at radius 1 is 1.33 bits per heavy atom. The van der Waals surface area contributed by atoms with E-state index in [1.165, 1.54) is 34.2 Å². The first-order chi connectivity index (χ1) is 10.2. The third-order valence-corrected chi connectivity index (χ3v) is 5.74. The van der Waals surface area contributed by atoms with E-state index in [4.69, 9.17) is 17.4 Å². The van der Waals surface area contributed by atoms with E-state index >= 15 is 0 Å². The van der Waals surface area contributed by atoms with Crippen LogP contribution in [0, 0.1) is 5.82 Å². The summed E-state index contributed by atoms with van der Waals surface area (Å²) in [5, 5.41) is 0.455. The van der Waals surface area contributed by atoms with E-state index in [2.05, 4.69) is 11.5 Å². The van der Waals surface area contributed by atoms with Crippen LogP contribution in [0.3, 0.4) is 0 Å². The minimum absolute atomic E-state index is 0.102. The van der Waals surface area contributed by atoms with Gasteiger partial charge in [0.25, 0.3) is 0 Å². The van der Waals surface area contributed by atoms with Gasteiger partial charge in [0.1, 0.15) is 5.82 Å². The molecule has 2 nitrogen and oxygen atoms in total. The highest BCUT2D eigenvalue weighted by Crippen LogP contribution is 2.35. The van der Waals surface area contributed by atoms with Gasteiger partial charge in [-0.05, 0) is 55.9 Å². The number of hydrogen-bond acceptors (Lipinski definition) is 3. The molecule has 112 valence electrons. The van der Waals surface area contributed by atoms with Gasteiger partial charge < -0.3 is 0 Å². The number of nitrogens with two attached hydrogens (primary N) is 1. The summed E-state index contributed by atoms with van der Waals surface area (Å²) in [5.41, 5.74) is 4.77. The number of aryl methyl sites for hydroxylation is 2. The van der Waals surface area contributed by atoms with Crippen LogP contribution in [-0.4, -0.2) is 0 Å². The van der Waals surface area contributed by atoms with Crippen LogP contribution < -0.4 is 11.3 Å². The van der Waals surface area contributed by atoms with Gasteiger partial charge in [-0.2, -0.15) is 0 Å². The molecule has 1 aliphatic rings. The highest BCUT2D eigenvalue weighted by atomic mass is 35.5. The molecule has 5 heteroatoms. The molecule has 3 rings (SSSR count). The molecule has 1 heterocycles. The number of hydrogen-bond donors (Lipinski definition) is 2. The first-order valence-electron chi connectivity index (χ1n) is 7.19. The lowest BCUT2D eigenvalue weighted by atomic mass is 9.98. The molecule has 1 aromatic heterocycles. The molecule has 1 aromatic carbocycles. The van der Waals surface area contributed by atoms with Crippen molar-refractivity contribution in [1.29, 1.82) is 0 Å². The van der Waals surface area contributed by atoms with Crippen LogP contribution in [0.5, 0.6) is 0 Å². The van der Waals surface area contributed by atoms with Crippen molar-refractivity contribution >= 4 is 22.9 Å². The van der Waals surface area contributed by atoms with Crippen molar-refractivity contribution in [3.63, 3.8) is 0 Å². The molecule has 3 N–H and O–H groups in total. The van der Waals surface area contributed by atoms with Gasteiger partial charge in [-0.3, -0.25) is 11.3 Å². The van der Waals surface area contributed by atoms with Crippen molar-refractivity contribution in [2.24, 2.45) is 5.84 Å². The zero-order valence-electron chi connectivity index (χ0n) is 11.7. The molecule has 0 spiro atoms. The van der Waals surface area contributed by atoms with Crippen LogP contribution in [-0.2, 0) is 19.3 Å². The molecule has 0 amide bonds. The second-order valence-electron chi connectivity index (χ2n) is 5.43. The van der Waals surface area contributed by atoms with Crippen LogP contribution >= 0.6 is 22.9 Å². The average molecular weight is 325 g/mol. The second kappa shape index (κ2) is 6.44. The van der Waals surface area contributed by atoms with Crippen molar-refractivity contribution < 1.29 is 4.39 Å². The van der Waals surface area contributed by atoms with Gasteiger partial charge in [0, 0.05) is 20.3 Å². The molecule has 1 aliphatic carbocycles. The molecule has 0 fully saturated rings. The standard InChI is InChI=1S/C16H18ClFN2S/c17-12-5-3-6-13(18)11(12)9-14(20-19)16-8-10-4-1-2-7-15(10)21-16/h3,5-6,8,14,20H,1-2,4,7,9,19H2. The summed E-state index contributed by atoms with van der Waals surface area (Å²) < 4.78 is 13.9. The largest absolute Gasteiger partial charge is 0.271 e. The van der Waals surface area contributed by atoms with Gasteiger partial charge in [-0.15, -0.1) is 11.3 Å². The van der Waals surface area contributed by atoms with E-state index in [9.17, 15) is 4.39 Å². The maximum atomic E-state index is 13.9. The molecule has 1 unspecified atom stereocenters. The number of rotatable bonds is 4. The van der Waals surface area contributed by atoms with Gasteiger partial charge in [-0.1, -0.05) is 17.7 Å². The van der Waals surface area contributed by atoms with Crippen molar-refractivity contribution in [3.05, 3.63) is 56.0 Å². The first-order valence-corrected chi connectivity index (χ1v) is 8.39. The summed E-state index contributed by atoms with van der Waals surface area (Å²) in [6.45, 7) is 0. The molecule has 21 heavy (non-hydrogen) atoms. The maximum absolute atomic E-state index is 13.9. The summed E-state index contributed by atoms with van der Waals surface area (Å²) in [4.78, 5) is 2.62. The molecule has 1 atom stereocenters. The van der Waals surface area contributed by atoms with E-state index < -0.39 is 0 Å². The maximum Gasteiger partial charge on any atom is 0.127 e. The summed E-state index contributed by atoms with van der Waals surface area (Å²) >= 11 is 7.90. The fraction of sp³-hybridized carbons (Fsp3) is 0.375. The van der Waals surface area contributed by atoms with Crippen molar-refractivity contribution in [3.8, 4) is 0 Å². The molecular weight excluding hydrogens is 307 g/mol. The Morgan fingerprint density at radius 3 is 2.86 bits per heavy atom. The van der Waals surface area contributed by atoms with Gasteiger partial charge in [0.2, 0.25) is 0 Å². The van der Waals surface area contributed by atoms with Gasteiger partial charge >= 0.3 is 0 Å². The van der Waals surface area contributed by atoms with Crippen LogP contribution in [0.2, 0.25) is 5.02 Å². The minimum Gasteiger partial charge on any atom is -0.271 e. The normalized spacial score (nSPS) is 15.8. The first kappa shape index (κ1) is 15.0. The van der Waals surface area contributed by atoms with Crippen LogP contribution in [0.1, 0.15) is 39.8 Å². The van der Waals surface area contributed by atoms with Crippen LogP contribution in [0.15, 0.2) is 24.3 Å². The smallest absolute Gasteiger partial charge is 0.127 e. The Bertz CT molecular complexity index is 597. The lowest BCUT2D eigenvalue weighted by molar-refractivity contribution is 0.535. The number of hydrazine groups is 1. The topological polar surface area (TPSA) is 38.0 Å². The Labute approximate surface area is 133 Å². The zero-order chi connectivity index (χ0) is 14.8. The minimum atomic E-state index is -0.274. The highest BCUT2D eigenvalue weighted by Gasteiger charge is 2.20. The van der Waals surface area contributed by atoms with Gasteiger partial charge in [-0.25, -0.2) is 4.39 Å². The summed E-state index contributed by atoms with van der Waals surface area (Å²) in [6.07, 6.45) is 5.26. The predicted octanol–water partition coefficient (Wildman–Crippen LogP) is 4.17. The molecule has 0 saturated carbocycles. The Balaban J connectivity index is 1.87. The highest BCUT2D eigenvalue weighted by molar-refractivity contribution is 7.12. The number of nitrogens with one attached hydrogen (secondary N) is 1. The zero-order valence-corrected chi connectivity index (χ0v) is 13.2. The van der Waals surface area contributed by atoms with Crippen LogP contribution in [0.25, 0.3) is 0 Å². The molecule has 0 saturated heterocycles. The molecule has 0 aliphatic heterocycles. The summed E-state index contributed by atoms with van der Waals surface area (Å²) in [6, 6.07) is 6.89. The van der Waals surface area contributed by atoms with Gasteiger partial charge in [0.15, 0.2) is 0 Å². The number of halogens is 2. The fourth-order valence-electron chi connectivity index (χ4n) is 2.86. The molecule has 0 bridgehead atoms. The molecular formula is C16H18ClFN2S. The Hall–Kier alpha value is -0.940. The van der Waals surface area contributed by atoms with Crippen molar-refractivity contribution in [1.82, 2.24) is 5.43 Å². The number of benzene rings is 1. The third kappa shape index (κ3) is 3.14. The monoisotopic (exact) mass is 324 g/mol. The Morgan fingerprint density at radius 2 is 2.14 bits per heavy atom. The number of thiophene rings is 1. The fourth-order valence-corrected chi connectivity index (χ4v) is 4.42. The third-order valence-electron chi connectivity index (χ3n) is 4.03. The quantitative estimate of drug-likeness (QED) is 0.654. The van der Waals surface area contributed by atoms with E-state index in [1.807, 2.05) is 0 Å². The van der Waals surface area contributed by atoms with E-state index in [1.54, 1.807) is 23.5 Å². The van der Waals surface area contributed by atoms with E-state index in [-0.39, 0.29) is 11.9 Å². The summed E-state index contributed by atoms with van der Waals surface area (Å²) in [7, 11) is 0. The number of fused-ring (bicyclic) bond motifs is 1. The Kier molecular flexibility index (Phi) is 4.60. The average Bonchev–Trinajstić information content (AvgIpc) is 2.90. The lowest BCUT2D eigenvalue weighted by Crippen LogP contribution is -2.29. The van der Waals surface area contributed by atoms with Crippen molar-refractivity contribution in [2.45, 2.75) is 38.1 Å². The SMILES string of the molecule is NNC(Cc1c(F)cccc1Cl)c1cc2c(s1)CCCC2. The molecule has 2 aromatic rings. The van der Waals surface area contributed by atoms with Gasteiger partial charge in [0.05, 0.1) is 6.04 Å². The van der Waals surface area contributed by atoms with E-state index in [0.717, 1.165) is 12.8 Å². The van der Waals surface area contributed by atoms with E-state index in [0.29, 0.717) is 17.0 Å². The van der Waals surface area contributed by atoms with Crippen LogP contribution in [0.4, 0.5) is 4.39 Å².